The van der Waals surface area contributed by atoms with Crippen molar-refractivity contribution in [2.24, 2.45) is 0 Å². The number of nitrogens with zero attached hydrogens (tertiary/aromatic N) is 3. The van der Waals surface area contributed by atoms with Crippen LogP contribution in [0.25, 0.3) is 31.9 Å². The van der Waals surface area contributed by atoms with Gasteiger partial charge in [-0.15, -0.1) is 11.3 Å². The van der Waals surface area contributed by atoms with E-state index >= 15 is 0 Å². The fourth-order valence-corrected chi connectivity index (χ4v) is 12.3. The maximum atomic E-state index is 11.7. The number of aryl methyl sites for hydroxylation is 2. The molecule has 0 saturated carbocycles. The number of para-hydroxylation sites is 2. The summed E-state index contributed by atoms with van der Waals surface area (Å²) < 4.78 is 16.0. The molecule has 7 heteroatoms. The Labute approximate surface area is 398 Å². The first-order valence-electron chi connectivity index (χ1n) is 23.9. The van der Waals surface area contributed by atoms with Crippen LogP contribution >= 0.6 is 23.1 Å². The summed E-state index contributed by atoms with van der Waals surface area (Å²) in [5, 5.41) is 0. The first-order chi connectivity index (χ1) is 32.4. The number of fused-ring (bicyclic) bond motifs is 4. The third-order valence-electron chi connectivity index (χ3n) is 13.9. The van der Waals surface area contributed by atoms with Crippen molar-refractivity contribution in [3.8, 4) is 20.9 Å². The number of rotatable bonds is 18. The van der Waals surface area contributed by atoms with E-state index in [9.17, 15) is 4.79 Å². The number of aromatic nitrogens is 2. The zero-order valence-corrected chi connectivity index (χ0v) is 39.9. The van der Waals surface area contributed by atoms with Crippen molar-refractivity contribution in [2.75, 3.05) is 4.90 Å². The number of aldehydes is 1. The molecule has 332 valence electrons. The number of thiophene rings is 1. The van der Waals surface area contributed by atoms with E-state index < -0.39 is 11.0 Å². The molecule has 0 fully saturated rings. The van der Waals surface area contributed by atoms with Crippen LogP contribution in [0.15, 0.2) is 157 Å². The minimum Gasteiger partial charge on any atom is -0.479 e. The summed E-state index contributed by atoms with van der Waals surface area (Å²) >= 11 is 3.08. The Morgan fingerprint density at radius 2 is 1.20 bits per heavy atom. The second-order valence-corrected chi connectivity index (χ2v) is 19.8. The number of unbranched alkanes of at least 4 members (excludes halogenated alkanes) is 6. The molecular formula is C59H57N3O2S2. The van der Waals surface area contributed by atoms with Gasteiger partial charge in [-0.25, -0.2) is 0 Å². The van der Waals surface area contributed by atoms with Crippen LogP contribution in [0.4, 0.5) is 17.1 Å². The van der Waals surface area contributed by atoms with Crippen LogP contribution in [0.1, 0.15) is 118 Å². The van der Waals surface area contributed by atoms with Crippen LogP contribution in [0.5, 0.6) is 0 Å². The summed E-state index contributed by atoms with van der Waals surface area (Å²) in [5.41, 5.74) is 14.9. The standard InChI is InChI=1S/C59H57N3O2S2/c1-4-6-8-12-18-41-24-28-43(29-25-41)59(44-30-26-42(27-31-44)19-13-9-7-5-2)52-38-47(62(45-20-14-10-15-21-45)46-22-16-11-17-23-46)32-33-49(52)57-53(59)39-54(65-57)50-34-35-51(56-55(50)60-66-61-56)58(3)37-36-48(40-63)64-58/h10-11,14-17,20-36,38-40H,4-9,12-13,18-19,37H2,1-3H3. The summed E-state index contributed by atoms with van der Waals surface area (Å²) in [6.07, 6.45) is 15.4. The van der Waals surface area contributed by atoms with Crippen LogP contribution in [-0.4, -0.2) is 15.0 Å². The van der Waals surface area contributed by atoms with Crippen LogP contribution in [0.2, 0.25) is 0 Å². The number of benzene rings is 6. The maximum Gasteiger partial charge on any atom is 0.184 e. The summed E-state index contributed by atoms with van der Waals surface area (Å²) in [6.45, 7) is 6.60. The van der Waals surface area contributed by atoms with Crippen molar-refractivity contribution >= 4 is 57.4 Å². The summed E-state index contributed by atoms with van der Waals surface area (Å²) in [4.78, 5) is 16.5. The molecule has 1 aliphatic heterocycles. The zero-order valence-electron chi connectivity index (χ0n) is 38.3. The Hall–Kier alpha value is -6.15. The Bertz CT molecular complexity index is 2890. The molecule has 10 rings (SSSR count). The predicted molar refractivity (Wildman–Crippen MR) is 276 cm³/mol. The maximum absolute atomic E-state index is 11.7. The minimum atomic E-state index is -0.691. The Morgan fingerprint density at radius 3 is 1.77 bits per heavy atom. The van der Waals surface area contributed by atoms with E-state index in [1.165, 1.54) is 107 Å². The van der Waals surface area contributed by atoms with Gasteiger partial charge in [0.15, 0.2) is 12.0 Å². The Morgan fingerprint density at radius 1 is 0.606 bits per heavy atom. The van der Waals surface area contributed by atoms with Gasteiger partial charge in [-0.05, 0) is 120 Å². The summed E-state index contributed by atoms with van der Waals surface area (Å²) in [6, 6.07) is 54.6. The highest BCUT2D eigenvalue weighted by atomic mass is 32.1. The van der Waals surface area contributed by atoms with E-state index in [0.717, 1.165) is 63.2 Å². The van der Waals surface area contributed by atoms with Gasteiger partial charge in [0, 0.05) is 44.4 Å². The molecule has 1 atom stereocenters. The normalized spacial score (nSPS) is 15.9. The molecule has 0 radical (unpaired) electrons. The molecule has 1 aliphatic carbocycles. The fourth-order valence-electron chi connectivity index (χ4n) is 10.4. The number of anilines is 3. The second kappa shape index (κ2) is 19.0. The number of ether oxygens (including phenoxy) is 1. The highest BCUT2D eigenvalue weighted by molar-refractivity contribution is 7.19. The number of hydrogen-bond donors (Lipinski definition) is 0. The van der Waals surface area contributed by atoms with Crippen molar-refractivity contribution in [1.82, 2.24) is 8.75 Å². The number of allylic oxidation sites excluding steroid dienone is 1. The molecule has 0 saturated heterocycles. The third kappa shape index (κ3) is 8.00. The van der Waals surface area contributed by atoms with Crippen molar-refractivity contribution in [1.29, 1.82) is 0 Å². The molecule has 0 N–H and O–H groups in total. The molecule has 0 bridgehead atoms. The van der Waals surface area contributed by atoms with Crippen molar-refractivity contribution < 1.29 is 9.53 Å². The number of hydrogen-bond acceptors (Lipinski definition) is 7. The second-order valence-electron chi connectivity index (χ2n) is 18.2. The summed E-state index contributed by atoms with van der Waals surface area (Å²) in [7, 11) is 0. The lowest BCUT2D eigenvalue weighted by atomic mass is 9.67. The molecule has 0 amide bonds. The van der Waals surface area contributed by atoms with Gasteiger partial charge in [0.1, 0.15) is 16.6 Å². The number of carbonyl (C=O) groups is 1. The van der Waals surface area contributed by atoms with Crippen molar-refractivity contribution in [3.63, 3.8) is 0 Å². The van der Waals surface area contributed by atoms with Gasteiger partial charge in [-0.1, -0.05) is 156 Å². The van der Waals surface area contributed by atoms with Gasteiger partial charge in [0.25, 0.3) is 0 Å². The average molecular weight is 904 g/mol. The van der Waals surface area contributed by atoms with Gasteiger partial charge in [-0.3, -0.25) is 4.79 Å². The van der Waals surface area contributed by atoms with Crippen molar-refractivity contribution in [2.45, 2.75) is 102 Å². The van der Waals surface area contributed by atoms with Gasteiger partial charge < -0.3 is 9.64 Å². The van der Waals surface area contributed by atoms with E-state index in [-0.39, 0.29) is 0 Å². The third-order valence-corrected chi connectivity index (χ3v) is 15.6. The Kier molecular flexibility index (Phi) is 12.6. The van der Waals surface area contributed by atoms with E-state index in [4.69, 9.17) is 13.5 Å². The van der Waals surface area contributed by atoms with E-state index in [1.807, 2.05) is 24.3 Å². The van der Waals surface area contributed by atoms with Crippen molar-refractivity contribution in [3.05, 3.63) is 196 Å². The molecule has 2 aliphatic rings. The largest absolute Gasteiger partial charge is 0.479 e. The zero-order chi connectivity index (χ0) is 45.1. The fraction of sp³-hybridized carbons (Fsp3) is 0.271. The highest BCUT2D eigenvalue weighted by Gasteiger charge is 2.48. The minimum absolute atomic E-state index is 0.371. The lowest BCUT2D eigenvalue weighted by Gasteiger charge is -2.35. The highest BCUT2D eigenvalue weighted by Crippen LogP contribution is 2.61. The molecule has 8 aromatic rings. The van der Waals surface area contributed by atoms with Crippen LogP contribution in [-0.2, 0) is 33.4 Å². The van der Waals surface area contributed by atoms with Gasteiger partial charge in [-0.2, -0.15) is 8.75 Å². The molecule has 1 unspecified atom stereocenters. The monoisotopic (exact) mass is 903 g/mol. The molecule has 66 heavy (non-hydrogen) atoms. The molecule has 6 aromatic carbocycles. The molecule has 5 nitrogen and oxygen atoms in total. The van der Waals surface area contributed by atoms with Crippen LogP contribution < -0.4 is 4.90 Å². The summed E-state index contributed by atoms with van der Waals surface area (Å²) in [5.74, 6) is 0.371. The first kappa shape index (κ1) is 43.7. The quantitative estimate of drug-likeness (QED) is 0.0634. The van der Waals surface area contributed by atoms with Gasteiger partial charge in [0.05, 0.1) is 17.1 Å². The SMILES string of the molecule is CCCCCCc1ccc(C2(c3ccc(CCCCCC)cc3)c3cc(N(c4ccccc4)c4ccccc4)ccc3-c3sc(-c4ccc(C5(C)CC=C(C=O)O5)c5nsnc45)cc32)cc1. The van der Waals surface area contributed by atoms with Crippen LogP contribution in [0, 0.1) is 0 Å². The molecular weight excluding hydrogens is 847 g/mol. The molecule has 0 spiro atoms. The average Bonchev–Trinajstić information content (AvgIpc) is 4.17. The van der Waals surface area contributed by atoms with Crippen LogP contribution in [0.3, 0.4) is 0 Å². The lowest BCUT2D eigenvalue weighted by molar-refractivity contribution is -0.109. The van der Waals surface area contributed by atoms with Gasteiger partial charge in [0.2, 0.25) is 0 Å². The predicted octanol–water partition coefficient (Wildman–Crippen LogP) is 16.2. The number of carbonyl (C=O) groups excluding carboxylic acids is 1. The van der Waals surface area contributed by atoms with E-state index in [1.54, 1.807) is 0 Å². The van der Waals surface area contributed by atoms with E-state index in [2.05, 4.69) is 164 Å². The molecule has 2 aromatic heterocycles. The smallest absolute Gasteiger partial charge is 0.184 e. The molecule has 3 heterocycles. The van der Waals surface area contributed by atoms with E-state index in [0.29, 0.717) is 12.2 Å². The van der Waals surface area contributed by atoms with Gasteiger partial charge >= 0.3 is 0 Å². The topological polar surface area (TPSA) is 55.3 Å². The Balaban J connectivity index is 1.18. The first-order valence-corrected chi connectivity index (χ1v) is 25.5. The lowest BCUT2D eigenvalue weighted by Crippen LogP contribution is -2.28.